The summed E-state index contributed by atoms with van der Waals surface area (Å²) in [4.78, 5) is 55.7. The summed E-state index contributed by atoms with van der Waals surface area (Å²) in [5, 5.41) is 5.95. The Bertz CT molecular complexity index is 1230. The first-order valence-corrected chi connectivity index (χ1v) is 12.4. The van der Waals surface area contributed by atoms with Gasteiger partial charge in [-0.25, -0.2) is 4.79 Å². The van der Waals surface area contributed by atoms with Crippen molar-refractivity contribution in [3.05, 3.63) is 68.0 Å². The third kappa shape index (κ3) is 5.57. The zero-order chi connectivity index (χ0) is 24.1. The molecule has 34 heavy (non-hydrogen) atoms. The second kappa shape index (κ2) is 10.7. The summed E-state index contributed by atoms with van der Waals surface area (Å²) >= 11 is 2.63. The summed E-state index contributed by atoms with van der Waals surface area (Å²) < 4.78 is 5.40. The van der Waals surface area contributed by atoms with Crippen LogP contribution in [0.5, 0.6) is 0 Å². The van der Waals surface area contributed by atoms with Crippen molar-refractivity contribution in [2.45, 2.75) is 39.2 Å². The summed E-state index contributed by atoms with van der Waals surface area (Å²) in [6.07, 6.45) is 6.58. The highest BCUT2D eigenvalue weighted by Crippen LogP contribution is 2.38. The Labute approximate surface area is 204 Å². The van der Waals surface area contributed by atoms with Crippen LogP contribution in [0.2, 0.25) is 0 Å². The predicted molar refractivity (Wildman–Crippen MR) is 130 cm³/mol. The molecule has 0 unspecified atom stereocenters. The number of esters is 1. The van der Waals surface area contributed by atoms with Gasteiger partial charge in [0.05, 0.1) is 22.5 Å². The van der Waals surface area contributed by atoms with Crippen molar-refractivity contribution in [2.75, 3.05) is 11.9 Å². The maximum Gasteiger partial charge on any atom is 0.341 e. The number of nitrogens with one attached hydrogen (secondary N) is 2. The van der Waals surface area contributed by atoms with Crippen LogP contribution in [0.25, 0.3) is 0 Å². The first kappa shape index (κ1) is 23.8. The van der Waals surface area contributed by atoms with Crippen LogP contribution < -0.4 is 10.6 Å². The molecule has 2 N–H and O–H groups in total. The van der Waals surface area contributed by atoms with Gasteiger partial charge in [0, 0.05) is 29.1 Å². The summed E-state index contributed by atoms with van der Waals surface area (Å²) in [5.74, 6) is -1.45. The van der Waals surface area contributed by atoms with Crippen LogP contribution in [-0.4, -0.2) is 35.2 Å². The maximum absolute atomic E-state index is 13.1. The van der Waals surface area contributed by atoms with Gasteiger partial charge in [-0.1, -0.05) is 0 Å². The van der Waals surface area contributed by atoms with E-state index in [9.17, 15) is 19.2 Å². The highest BCUT2D eigenvalue weighted by atomic mass is 32.1. The standard InChI is InChI=1S/C24H23N3O5S2/c1-14(28)26-12-16-8-9-20(33-16)18(29)13-32-24(31)21-17-6-2-3-7-19(17)34-23(21)27-22(30)15-5-4-10-25-11-15/h4-5,8-11H,2-3,6-7,12-13H2,1H3,(H,26,28)(H,27,30). The maximum atomic E-state index is 13.1. The molecule has 0 aromatic carbocycles. The van der Waals surface area contributed by atoms with Crippen LogP contribution in [0, 0.1) is 0 Å². The van der Waals surface area contributed by atoms with Crippen molar-refractivity contribution in [2.24, 2.45) is 0 Å². The van der Waals surface area contributed by atoms with Crippen molar-refractivity contribution in [3.63, 3.8) is 0 Å². The number of aryl methyl sites for hydroxylation is 1. The number of nitrogens with zero attached hydrogens (tertiary/aromatic N) is 1. The molecule has 176 valence electrons. The molecule has 4 rings (SSSR count). The molecule has 2 amide bonds. The molecule has 0 fully saturated rings. The normalized spacial score (nSPS) is 12.5. The van der Waals surface area contributed by atoms with E-state index >= 15 is 0 Å². The minimum Gasteiger partial charge on any atom is -0.454 e. The Kier molecular flexibility index (Phi) is 7.49. The summed E-state index contributed by atoms with van der Waals surface area (Å²) in [5.41, 5.74) is 1.61. The molecular weight excluding hydrogens is 474 g/mol. The number of fused-ring (bicyclic) bond motifs is 1. The number of ether oxygens (including phenoxy) is 1. The number of carbonyl (C=O) groups excluding carboxylic acids is 4. The highest BCUT2D eigenvalue weighted by Gasteiger charge is 2.28. The van der Waals surface area contributed by atoms with Crippen LogP contribution in [-0.2, 0) is 28.9 Å². The van der Waals surface area contributed by atoms with Crippen molar-refractivity contribution < 1.29 is 23.9 Å². The largest absolute Gasteiger partial charge is 0.454 e. The quantitative estimate of drug-likeness (QED) is 0.359. The lowest BCUT2D eigenvalue weighted by molar-refractivity contribution is -0.119. The van der Waals surface area contributed by atoms with Crippen molar-refractivity contribution >= 4 is 51.2 Å². The van der Waals surface area contributed by atoms with E-state index in [0.717, 1.165) is 41.0 Å². The van der Waals surface area contributed by atoms with Crippen LogP contribution in [0.3, 0.4) is 0 Å². The molecular formula is C24H23N3O5S2. The molecule has 3 aromatic rings. The lowest BCUT2D eigenvalue weighted by Gasteiger charge is -2.12. The van der Waals surface area contributed by atoms with Gasteiger partial charge in [-0.2, -0.15) is 0 Å². The van der Waals surface area contributed by atoms with E-state index in [1.165, 1.54) is 35.8 Å². The zero-order valence-corrected chi connectivity index (χ0v) is 20.1. The summed E-state index contributed by atoms with van der Waals surface area (Å²) in [6, 6.07) is 6.73. The van der Waals surface area contributed by atoms with Gasteiger partial charge >= 0.3 is 5.97 Å². The van der Waals surface area contributed by atoms with E-state index in [2.05, 4.69) is 15.6 Å². The van der Waals surface area contributed by atoms with E-state index in [1.807, 2.05) is 0 Å². The first-order chi connectivity index (χ1) is 16.4. The van der Waals surface area contributed by atoms with Gasteiger partial charge in [0.1, 0.15) is 5.00 Å². The molecule has 0 spiro atoms. The third-order valence-corrected chi connectivity index (χ3v) is 7.64. The fraction of sp³-hybridized carbons (Fsp3) is 0.292. The number of ketones is 1. The number of Topliss-reactive ketones (excluding diaryl/α,β-unsaturated/α-hetero) is 1. The Hall–Kier alpha value is -3.37. The molecule has 3 aromatic heterocycles. The minimum absolute atomic E-state index is 0.152. The van der Waals surface area contributed by atoms with Crippen molar-refractivity contribution in [3.8, 4) is 0 Å². The lowest BCUT2D eigenvalue weighted by atomic mass is 9.95. The number of carbonyl (C=O) groups is 4. The SMILES string of the molecule is CC(=O)NCc1ccc(C(=O)COC(=O)c2c(NC(=O)c3cccnc3)sc3c2CCCC3)s1. The number of pyridine rings is 1. The second-order valence-electron chi connectivity index (χ2n) is 7.79. The fourth-order valence-electron chi connectivity index (χ4n) is 3.65. The smallest absolute Gasteiger partial charge is 0.341 e. The number of amides is 2. The monoisotopic (exact) mass is 497 g/mol. The number of hydrogen-bond acceptors (Lipinski definition) is 8. The van der Waals surface area contributed by atoms with Gasteiger partial charge in [0.2, 0.25) is 11.7 Å². The molecule has 3 heterocycles. The number of anilines is 1. The first-order valence-electron chi connectivity index (χ1n) is 10.8. The highest BCUT2D eigenvalue weighted by molar-refractivity contribution is 7.17. The zero-order valence-electron chi connectivity index (χ0n) is 18.5. The molecule has 0 bridgehead atoms. The molecule has 8 nitrogen and oxygen atoms in total. The molecule has 1 aliphatic rings. The Morgan fingerprint density at radius 2 is 1.91 bits per heavy atom. The Balaban J connectivity index is 1.47. The average Bonchev–Trinajstić information content (AvgIpc) is 3.46. The Morgan fingerprint density at radius 3 is 2.68 bits per heavy atom. The number of rotatable bonds is 8. The second-order valence-corrected chi connectivity index (χ2v) is 10.1. The van der Waals surface area contributed by atoms with Crippen molar-refractivity contribution in [1.29, 1.82) is 0 Å². The molecule has 0 aliphatic heterocycles. The minimum atomic E-state index is -0.621. The molecule has 1 aliphatic carbocycles. The van der Waals surface area contributed by atoms with E-state index in [4.69, 9.17) is 4.74 Å². The molecule has 0 atom stereocenters. The van der Waals surface area contributed by atoms with Gasteiger partial charge < -0.3 is 15.4 Å². The lowest BCUT2D eigenvalue weighted by Crippen LogP contribution is -2.18. The van der Waals surface area contributed by atoms with Crippen molar-refractivity contribution in [1.82, 2.24) is 10.3 Å². The van der Waals surface area contributed by atoms with Gasteiger partial charge in [-0.05, 0) is 55.5 Å². The summed E-state index contributed by atoms with van der Waals surface area (Å²) in [7, 11) is 0. The van der Waals surface area contributed by atoms with E-state index < -0.39 is 12.6 Å². The Morgan fingerprint density at radius 1 is 1.09 bits per heavy atom. The van der Waals surface area contributed by atoms with Gasteiger partial charge in [0.25, 0.3) is 5.91 Å². The number of aromatic nitrogens is 1. The van der Waals surface area contributed by atoms with E-state index in [1.54, 1.807) is 30.5 Å². The molecule has 0 radical (unpaired) electrons. The van der Waals surface area contributed by atoms with Crippen LogP contribution >= 0.6 is 22.7 Å². The predicted octanol–water partition coefficient (Wildman–Crippen LogP) is 4.01. The van der Waals surface area contributed by atoms with Crippen LogP contribution in [0.15, 0.2) is 36.7 Å². The van der Waals surface area contributed by atoms with Crippen LogP contribution in [0.1, 0.15) is 65.5 Å². The number of hydrogen-bond donors (Lipinski definition) is 2. The van der Waals surface area contributed by atoms with Gasteiger partial charge in [0.15, 0.2) is 6.61 Å². The van der Waals surface area contributed by atoms with E-state index in [-0.39, 0.29) is 17.6 Å². The third-order valence-electron chi connectivity index (χ3n) is 5.31. The molecule has 0 saturated carbocycles. The molecule has 10 heteroatoms. The average molecular weight is 498 g/mol. The number of thiophene rings is 2. The van der Waals surface area contributed by atoms with E-state index in [0.29, 0.717) is 27.5 Å². The van der Waals surface area contributed by atoms with Crippen LogP contribution in [0.4, 0.5) is 5.00 Å². The van der Waals surface area contributed by atoms with Gasteiger partial charge in [-0.15, -0.1) is 22.7 Å². The van der Waals surface area contributed by atoms with Gasteiger partial charge in [-0.3, -0.25) is 19.4 Å². The molecule has 0 saturated heterocycles. The summed E-state index contributed by atoms with van der Waals surface area (Å²) in [6.45, 7) is 1.36. The fourth-order valence-corrected chi connectivity index (χ4v) is 5.80. The topological polar surface area (TPSA) is 114 Å².